The summed E-state index contributed by atoms with van der Waals surface area (Å²) in [6, 6.07) is 3.08. The Bertz CT molecular complexity index is 440. The number of nitrogens with one attached hydrogen (secondary N) is 1. The molecule has 3 rings (SSSR count). The largest absolute Gasteiger partial charge is 0.314 e. The summed E-state index contributed by atoms with van der Waals surface area (Å²) in [5.74, 6) is 0.862. The van der Waals surface area contributed by atoms with Crippen LogP contribution in [0.5, 0.6) is 0 Å². The van der Waals surface area contributed by atoms with Crippen LogP contribution in [-0.2, 0) is 19.5 Å². The normalized spacial score (nSPS) is 27.5. The van der Waals surface area contributed by atoms with Gasteiger partial charge >= 0.3 is 0 Å². The monoisotopic (exact) mass is 276 g/mol. The molecule has 0 bridgehead atoms. The number of likely N-dealkylation sites (tertiary alicyclic amines) is 1. The van der Waals surface area contributed by atoms with Gasteiger partial charge in [0.25, 0.3) is 0 Å². The highest BCUT2D eigenvalue weighted by molar-refractivity contribution is 5.10. The quantitative estimate of drug-likeness (QED) is 0.913. The Morgan fingerprint density at radius 1 is 1.35 bits per heavy atom. The average Bonchev–Trinajstić information content (AvgIpc) is 2.89. The molecule has 0 aromatic carbocycles. The molecule has 0 spiro atoms. The maximum Gasteiger partial charge on any atom is 0.0625 e. The third-order valence-electron chi connectivity index (χ3n) is 4.94. The molecule has 2 unspecified atom stereocenters. The minimum absolute atomic E-state index is 0.780. The lowest BCUT2D eigenvalue weighted by Crippen LogP contribution is -2.51. The summed E-state index contributed by atoms with van der Waals surface area (Å²) in [7, 11) is 0. The molecule has 0 saturated carbocycles. The molecule has 20 heavy (non-hydrogen) atoms. The van der Waals surface area contributed by atoms with Crippen LogP contribution in [0.3, 0.4) is 0 Å². The van der Waals surface area contributed by atoms with Crippen molar-refractivity contribution < 1.29 is 0 Å². The smallest absolute Gasteiger partial charge is 0.0625 e. The Hall–Kier alpha value is -0.870. The highest BCUT2D eigenvalue weighted by Crippen LogP contribution is 2.25. The van der Waals surface area contributed by atoms with Gasteiger partial charge in [0, 0.05) is 32.2 Å². The van der Waals surface area contributed by atoms with Gasteiger partial charge < -0.3 is 5.32 Å². The Morgan fingerprint density at radius 3 is 3.05 bits per heavy atom. The van der Waals surface area contributed by atoms with Crippen molar-refractivity contribution in [2.24, 2.45) is 5.92 Å². The molecule has 112 valence electrons. The number of aryl methyl sites for hydroxylation is 2. The van der Waals surface area contributed by atoms with E-state index in [1.54, 1.807) is 0 Å². The highest BCUT2D eigenvalue weighted by atomic mass is 15.3. The van der Waals surface area contributed by atoms with Crippen LogP contribution in [0.4, 0.5) is 0 Å². The van der Waals surface area contributed by atoms with Gasteiger partial charge in [-0.3, -0.25) is 9.58 Å². The summed E-state index contributed by atoms with van der Waals surface area (Å²) >= 11 is 0. The second-order valence-electron chi connectivity index (χ2n) is 6.28. The fraction of sp³-hybridized carbons (Fsp3) is 0.812. The van der Waals surface area contributed by atoms with Crippen molar-refractivity contribution in [3.8, 4) is 0 Å². The zero-order valence-electron chi connectivity index (χ0n) is 12.9. The zero-order valence-corrected chi connectivity index (χ0v) is 12.9. The van der Waals surface area contributed by atoms with Gasteiger partial charge in [-0.1, -0.05) is 6.92 Å². The van der Waals surface area contributed by atoms with E-state index in [9.17, 15) is 0 Å². The molecule has 2 aliphatic heterocycles. The molecule has 2 saturated heterocycles. The van der Waals surface area contributed by atoms with Gasteiger partial charge in [-0.25, -0.2) is 0 Å². The van der Waals surface area contributed by atoms with E-state index in [0.717, 1.165) is 31.5 Å². The lowest BCUT2D eigenvalue weighted by atomic mass is 9.85. The number of piperidine rings is 2. The number of aromatic nitrogens is 2. The fourth-order valence-corrected chi connectivity index (χ4v) is 3.78. The van der Waals surface area contributed by atoms with Crippen LogP contribution in [0.1, 0.15) is 44.5 Å². The predicted molar refractivity (Wildman–Crippen MR) is 81.7 cm³/mol. The van der Waals surface area contributed by atoms with Crippen LogP contribution in [0.2, 0.25) is 0 Å². The molecule has 0 radical (unpaired) electrons. The molecular weight excluding hydrogens is 248 g/mol. The summed E-state index contributed by atoms with van der Waals surface area (Å²) in [5.41, 5.74) is 2.63. The van der Waals surface area contributed by atoms with E-state index in [1.165, 1.54) is 50.3 Å². The molecule has 2 fully saturated rings. The van der Waals surface area contributed by atoms with Crippen molar-refractivity contribution in [3.63, 3.8) is 0 Å². The van der Waals surface area contributed by atoms with Gasteiger partial charge in [-0.2, -0.15) is 5.10 Å². The maximum atomic E-state index is 4.67. The molecule has 4 heteroatoms. The first-order chi connectivity index (χ1) is 9.80. The topological polar surface area (TPSA) is 33.1 Å². The number of hydrogen-bond donors (Lipinski definition) is 1. The van der Waals surface area contributed by atoms with E-state index in [-0.39, 0.29) is 0 Å². The minimum atomic E-state index is 0.780. The average molecular weight is 276 g/mol. The molecule has 2 atom stereocenters. The third kappa shape index (κ3) is 2.91. The predicted octanol–water partition coefficient (Wildman–Crippen LogP) is 2.04. The number of hydrogen-bond acceptors (Lipinski definition) is 3. The molecule has 0 aliphatic carbocycles. The number of nitrogens with zero attached hydrogens (tertiary/aromatic N) is 3. The Labute approximate surface area is 122 Å². The number of rotatable bonds is 4. The fourth-order valence-electron chi connectivity index (χ4n) is 3.78. The van der Waals surface area contributed by atoms with Gasteiger partial charge in [-0.05, 0) is 51.1 Å². The standard InChI is InChI=1S/C16H28N4/c1-3-14-10-15(20(4-2)18-14)12-19-9-7-16-13(11-19)6-5-8-17-16/h10,13,16-17H,3-9,11-12H2,1-2H3. The summed E-state index contributed by atoms with van der Waals surface area (Å²) in [6.45, 7) is 10.1. The first-order valence-corrected chi connectivity index (χ1v) is 8.31. The first kappa shape index (κ1) is 14.1. The minimum Gasteiger partial charge on any atom is -0.314 e. The molecule has 2 aliphatic rings. The molecule has 4 nitrogen and oxygen atoms in total. The van der Waals surface area contributed by atoms with E-state index in [2.05, 4.69) is 39.9 Å². The van der Waals surface area contributed by atoms with Crippen LogP contribution in [0, 0.1) is 5.92 Å². The second kappa shape index (κ2) is 6.27. The first-order valence-electron chi connectivity index (χ1n) is 8.31. The van der Waals surface area contributed by atoms with Crippen LogP contribution in [-0.4, -0.2) is 40.4 Å². The highest BCUT2D eigenvalue weighted by Gasteiger charge is 2.31. The lowest BCUT2D eigenvalue weighted by Gasteiger charge is -2.41. The lowest BCUT2D eigenvalue weighted by molar-refractivity contribution is 0.106. The second-order valence-corrected chi connectivity index (χ2v) is 6.28. The molecule has 1 aromatic heterocycles. The van der Waals surface area contributed by atoms with Gasteiger partial charge in [-0.15, -0.1) is 0 Å². The SMILES string of the molecule is CCc1cc(CN2CCC3NCCCC3C2)n(CC)n1. The van der Waals surface area contributed by atoms with Gasteiger partial charge in [0.15, 0.2) is 0 Å². The third-order valence-corrected chi connectivity index (χ3v) is 4.94. The summed E-state index contributed by atoms with van der Waals surface area (Å²) in [5, 5.41) is 8.37. The number of fused-ring (bicyclic) bond motifs is 1. The van der Waals surface area contributed by atoms with E-state index in [4.69, 9.17) is 0 Å². The molecule has 1 aromatic rings. The maximum absolute atomic E-state index is 4.67. The van der Waals surface area contributed by atoms with Crippen molar-refractivity contribution in [1.82, 2.24) is 20.0 Å². The Kier molecular flexibility index (Phi) is 4.41. The van der Waals surface area contributed by atoms with Crippen LogP contribution in [0.15, 0.2) is 6.07 Å². The van der Waals surface area contributed by atoms with E-state index in [1.807, 2.05) is 0 Å². The van der Waals surface area contributed by atoms with E-state index < -0.39 is 0 Å². The van der Waals surface area contributed by atoms with Crippen molar-refractivity contribution in [2.75, 3.05) is 19.6 Å². The van der Waals surface area contributed by atoms with Crippen molar-refractivity contribution in [3.05, 3.63) is 17.5 Å². The van der Waals surface area contributed by atoms with Gasteiger partial charge in [0.1, 0.15) is 0 Å². The van der Waals surface area contributed by atoms with Crippen LogP contribution in [0.25, 0.3) is 0 Å². The van der Waals surface area contributed by atoms with Crippen LogP contribution < -0.4 is 5.32 Å². The molecule has 1 N–H and O–H groups in total. The molecule has 0 amide bonds. The van der Waals surface area contributed by atoms with E-state index in [0.29, 0.717) is 0 Å². The Morgan fingerprint density at radius 2 is 2.25 bits per heavy atom. The van der Waals surface area contributed by atoms with Gasteiger partial charge in [0.2, 0.25) is 0 Å². The summed E-state index contributed by atoms with van der Waals surface area (Å²) in [6.07, 6.45) is 5.10. The van der Waals surface area contributed by atoms with Gasteiger partial charge in [0.05, 0.1) is 11.4 Å². The van der Waals surface area contributed by atoms with Crippen molar-refractivity contribution >= 4 is 0 Å². The summed E-state index contributed by atoms with van der Waals surface area (Å²) in [4.78, 5) is 2.64. The van der Waals surface area contributed by atoms with Crippen molar-refractivity contribution in [2.45, 2.75) is 58.7 Å². The van der Waals surface area contributed by atoms with Crippen molar-refractivity contribution in [1.29, 1.82) is 0 Å². The van der Waals surface area contributed by atoms with Crippen LogP contribution >= 0.6 is 0 Å². The van der Waals surface area contributed by atoms with E-state index >= 15 is 0 Å². The zero-order chi connectivity index (χ0) is 13.9. The summed E-state index contributed by atoms with van der Waals surface area (Å²) < 4.78 is 2.18. The molecule has 3 heterocycles. The molecular formula is C16H28N4. The Balaban J connectivity index is 1.64.